The van der Waals surface area contributed by atoms with E-state index in [0.29, 0.717) is 6.54 Å². The number of hydrogen-bond donors (Lipinski definition) is 0. The van der Waals surface area contributed by atoms with E-state index in [4.69, 9.17) is 5.26 Å². The van der Waals surface area contributed by atoms with E-state index < -0.39 is 0 Å². The maximum Gasteiger partial charge on any atom is 0.152 e. The molecule has 0 saturated heterocycles. The topological polar surface area (TPSA) is 44.9 Å². The van der Waals surface area contributed by atoms with Gasteiger partial charge in [0.15, 0.2) is 5.82 Å². The van der Waals surface area contributed by atoms with Gasteiger partial charge in [0.1, 0.15) is 0 Å². The second-order valence-electron chi connectivity index (χ2n) is 3.18. The summed E-state index contributed by atoms with van der Waals surface area (Å²) < 4.78 is 1.95. The highest BCUT2D eigenvalue weighted by Gasteiger charge is 2.14. The number of imidazole rings is 1. The summed E-state index contributed by atoms with van der Waals surface area (Å²) in [5, 5.41) is 10.7. The van der Waals surface area contributed by atoms with E-state index in [2.05, 4.69) is 11.1 Å². The lowest BCUT2D eigenvalue weighted by Crippen LogP contribution is -2.34. The monoisotopic (exact) mass is 174 g/mol. The van der Waals surface area contributed by atoms with Crippen molar-refractivity contribution < 1.29 is 0 Å². The Morgan fingerprint density at radius 2 is 2.38 bits per heavy atom. The lowest BCUT2D eigenvalue weighted by atomic mass is 10.2. The molecule has 2 heterocycles. The molecule has 0 aromatic carbocycles. The fourth-order valence-electron chi connectivity index (χ4n) is 1.47. The van der Waals surface area contributed by atoms with Gasteiger partial charge < -0.3 is 5.01 Å². The molecule has 4 nitrogen and oxygen atoms in total. The molecule has 4 heteroatoms. The zero-order chi connectivity index (χ0) is 9.42. The Morgan fingerprint density at radius 1 is 1.62 bits per heavy atom. The number of aromatic nitrogens is 2. The molecule has 1 aliphatic heterocycles. The van der Waals surface area contributed by atoms with Crippen LogP contribution in [0.4, 0.5) is 0 Å². The Labute approximate surface area is 76.7 Å². The van der Waals surface area contributed by atoms with Crippen molar-refractivity contribution >= 4 is 6.08 Å². The first-order chi connectivity index (χ1) is 6.20. The summed E-state index contributed by atoms with van der Waals surface area (Å²) in [4.78, 5) is 4.29. The van der Waals surface area contributed by atoms with Crippen molar-refractivity contribution in [3.8, 4) is 6.07 Å². The van der Waals surface area contributed by atoms with Crippen molar-refractivity contribution in [2.24, 2.45) is 0 Å². The number of nitrogens with zero attached hydrogens (tertiary/aromatic N) is 4. The summed E-state index contributed by atoms with van der Waals surface area (Å²) in [6.45, 7) is 2.60. The van der Waals surface area contributed by atoms with E-state index in [-0.39, 0.29) is 0 Å². The van der Waals surface area contributed by atoms with E-state index in [0.717, 1.165) is 17.1 Å². The SMILES string of the molecule is Cc1cn2c(n1)C=C(C#N)CN2C. The van der Waals surface area contributed by atoms with E-state index in [1.54, 1.807) is 0 Å². The van der Waals surface area contributed by atoms with Crippen LogP contribution in [0.2, 0.25) is 0 Å². The van der Waals surface area contributed by atoms with Gasteiger partial charge in [-0.1, -0.05) is 0 Å². The standard InChI is InChI=1S/C9H10N4/c1-7-5-13-9(11-7)3-8(4-10)6-12(13)2/h3,5H,6H2,1-2H3. The zero-order valence-electron chi connectivity index (χ0n) is 7.65. The van der Waals surface area contributed by atoms with Gasteiger partial charge in [0.05, 0.1) is 23.9 Å². The van der Waals surface area contributed by atoms with Crippen LogP contribution in [0.3, 0.4) is 0 Å². The van der Waals surface area contributed by atoms with Gasteiger partial charge in [0, 0.05) is 13.2 Å². The van der Waals surface area contributed by atoms with Crippen LogP contribution in [0.15, 0.2) is 11.8 Å². The second-order valence-corrected chi connectivity index (χ2v) is 3.18. The minimum absolute atomic E-state index is 0.652. The van der Waals surface area contributed by atoms with E-state index in [1.165, 1.54) is 0 Å². The molecule has 0 unspecified atom stereocenters. The average molecular weight is 174 g/mol. The lowest BCUT2D eigenvalue weighted by Gasteiger charge is -2.24. The van der Waals surface area contributed by atoms with Gasteiger partial charge in [-0.05, 0) is 13.0 Å². The fourth-order valence-corrected chi connectivity index (χ4v) is 1.47. The summed E-state index contributed by atoms with van der Waals surface area (Å²) in [6.07, 6.45) is 3.78. The number of fused-ring (bicyclic) bond motifs is 1. The van der Waals surface area contributed by atoms with Crippen molar-refractivity contribution in [2.75, 3.05) is 18.6 Å². The van der Waals surface area contributed by atoms with E-state index in [9.17, 15) is 0 Å². The van der Waals surface area contributed by atoms with E-state index in [1.807, 2.05) is 35.9 Å². The van der Waals surface area contributed by atoms with Crippen molar-refractivity contribution in [3.05, 3.63) is 23.3 Å². The minimum Gasteiger partial charge on any atom is -0.309 e. The second kappa shape index (κ2) is 2.63. The van der Waals surface area contributed by atoms with E-state index >= 15 is 0 Å². The van der Waals surface area contributed by atoms with Crippen molar-refractivity contribution in [1.82, 2.24) is 9.66 Å². The molecule has 66 valence electrons. The van der Waals surface area contributed by atoms with Crippen LogP contribution in [0, 0.1) is 18.3 Å². The number of aryl methyl sites for hydroxylation is 1. The van der Waals surface area contributed by atoms with Crippen LogP contribution in [-0.2, 0) is 0 Å². The molecule has 0 bridgehead atoms. The first kappa shape index (κ1) is 7.87. The first-order valence-electron chi connectivity index (χ1n) is 4.09. The van der Waals surface area contributed by atoms with Crippen LogP contribution in [0.25, 0.3) is 6.08 Å². The molecule has 1 aromatic heterocycles. The summed E-state index contributed by atoms with van der Waals surface area (Å²) in [5.74, 6) is 0.836. The van der Waals surface area contributed by atoms with Gasteiger partial charge >= 0.3 is 0 Å². The molecule has 0 spiro atoms. The zero-order valence-corrected chi connectivity index (χ0v) is 7.65. The van der Waals surface area contributed by atoms with Gasteiger partial charge in [0.2, 0.25) is 0 Å². The predicted molar refractivity (Wildman–Crippen MR) is 49.6 cm³/mol. The molecule has 0 atom stereocenters. The maximum atomic E-state index is 8.76. The Kier molecular flexibility index (Phi) is 1.59. The van der Waals surface area contributed by atoms with Crippen LogP contribution >= 0.6 is 0 Å². The van der Waals surface area contributed by atoms with Gasteiger partial charge in [-0.2, -0.15) is 5.26 Å². The van der Waals surface area contributed by atoms with Crippen molar-refractivity contribution in [1.29, 1.82) is 5.26 Å². The normalized spacial score (nSPS) is 14.8. The minimum atomic E-state index is 0.652. The summed E-state index contributed by atoms with van der Waals surface area (Å²) in [5.41, 5.74) is 1.72. The Balaban J connectivity index is 2.53. The molecular weight excluding hydrogens is 164 g/mol. The predicted octanol–water partition coefficient (Wildman–Crippen LogP) is 0.680. The Morgan fingerprint density at radius 3 is 3.08 bits per heavy atom. The smallest absolute Gasteiger partial charge is 0.152 e. The van der Waals surface area contributed by atoms with Gasteiger partial charge in [-0.25, -0.2) is 9.66 Å². The fraction of sp³-hybridized carbons (Fsp3) is 0.333. The highest BCUT2D eigenvalue weighted by atomic mass is 15.5. The number of nitriles is 1. The molecule has 1 aliphatic rings. The molecule has 0 aliphatic carbocycles. The number of hydrogen-bond acceptors (Lipinski definition) is 3. The molecule has 1 aromatic rings. The molecule has 0 radical (unpaired) electrons. The summed E-state index contributed by atoms with van der Waals surface area (Å²) in [7, 11) is 1.94. The molecular formula is C9H10N4. The Hall–Kier alpha value is -1.76. The van der Waals surface area contributed by atoms with Gasteiger partial charge in [0.25, 0.3) is 0 Å². The molecule has 0 saturated carbocycles. The lowest BCUT2D eigenvalue weighted by molar-refractivity contribution is 0.667. The molecule has 0 N–H and O–H groups in total. The highest BCUT2D eigenvalue weighted by molar-refractivity contribution is 5.55. The number of likely N-dealkylation sites (N-methyl/N-ethyl adjacent to an activating group) is 1. The van der Waals surface area contributed by atoms with Crippen molar-refractivity contribution in [3.63, 3.8) is 0 Å². The highest BCUT2D eigenvalue weighted by Crippen LogP contribution is 2.13. The van der Waals surface area contributed by atoms with Crippen LogP contribution in [0.1, 0.15) is 11.5 Å². The number of rotatable bonds is 0. The third-order valence-corrected chi connectivity index (χ3v) is 2.05. The molecule has 13 heavy (non-hydrogen) atoms. The van der Waals surface area contributed by atoms with Crippen LogP contribution in [-0.4, -0.2) is 23.3 Å². The van der Waals surface area contributed by atoms with Gasteiger partial charge in [-0.3, -0.25) is 0 Å². The maximum absolute atomic E-state index is 8.76. The average Bonchev–Trinajstić information content (AvgIpc) is 2.46. The van der Waals surface area contributed by atoms with Crippen LogP contribution in [0.5, 0.6) is 0 Å². The summed E-state index contributed by atoms with van der Waals surface area (Å²) in [6, 6.07) is 2.15. The molecule has 0 amide bonds. The third kappa shape index (κ3) is 1.18. The quantitative estimate of drug-likeness (QED) is 0.581. The van der Waals surface area contributed by atoms with Gasteiger partial charge in [-0.15, -0.1) is 0 Å². The van der Waals surface area contributed by atoms with Crippen LogP contribution < -0.4 is 5.01 Å². The largest absolute Gasteiger partial charge is 0.309 e. The first-order valence-corrected chi connectivity index (χ1v) is 4.09. The summed E-state index contributed by atoms with van der Waals surface area (Å²) >= 11 is 0. The Bertz CT molecular complexity index is 408. The third-order valence-electron chi connectivity index (χ3n) is 2.05. The molecule has 0 fully saturated rings. The molecule has 2 rings (SSSR count). The van der Waals surface area contributed by atoms with Crippen molar-refractivity contribution in [2.45, 2.75) is 6.92 Å².